The van der Waals surface area contributed by atoms with Crippen LogP contribution in [0.5, 0.6) is 0 Å². The van der Waals surface area contributed by atoms with Crippen molar-refractivity contribution < 1.29 is 19.8 Å². The van der Waals surface area contributed by atoms with Crippen molar-refractivity contribution >= 4 is 23.6 Å². The number of nitrogens with one attached hydrogen (secondary N) is 2. The Bertz CT molecular complexity index is 639. The highest BCUT2D eigenvalue weighted by Gasteiger charge is 2.38. The number of carbonyl (C=O) groups is 2. The van der Waals surface area contributed by atoms with Crippen LogP contribution in [-0.2, 0) is 0 Å². The number of nitrogens with zero attached hydrogens (tertiary/aromatic N) is 3. The lowest BCUT2D eigenvalue weighted by molar-refractivity contribution is 0.0908. The van der Waals surface area contributed by atoms with Crippen molar-refractivity contribution in [3.05, 3.63) is 11.4 Å². The molecular weight excluding hydrogens is 370 g/mol. The average Bonchev–Trinajstić information content (AvgIpc) is 3.25. The Labute approximate surface area is 163 Å². The van der Waals surface area contributed by atoms with Crippen LogP contribution in [0.15, 0.2) is 0 Å². The topological polar surface area (TPSA) is 129 Å². The van der Waals surface area contributed by atoms with Crippen molar-refractivity contribution in [2.24, 2.45) is 0 Å². The standard InChI is InChI=1S/C17H29N5O4S/c1-3-5-7-18-16(25)14-15(17(26)19-8-6-4-2)22(21-20-14)13-9-11(24)12(10-23)27-13/h11-13,23-24H,3-10H2,1-2H3,(H,18,25)(H,19,26)/t11-,12+,13+/m0/s1. The lowest BCUT2D eigenvalue weighted by Crippen LogP contribution is -2.32. The van der Waals surface area contributed by atoms with Crippen LogP contribution in [0, 0.1) is 0 Å². The van der Waals surface area contributed by atoms with Gasteiger partial charge in [0.25, 0.3) is 11.8 Å². The Morgan fingerprint density at radius 3 is 2.37 bits per heavy atom. The lowest BCUT2D eigenvalue weighted by atomic mass is 10.2. The first-order chi connectivity index (χ1) is 13.0. The van der Waals surface area contributed by atoms with Gasteiger partial charge in [0.15, 0.2) is 11.4 Å². The van der Waals surface area contributed by atoms with E-state index in [0.29, 0.717) is 19.5 Å². The molecule has 0 radical (unpaired) electrons. The summed E-state index contributed by atoms with van der Waals surface area (Å²) in [5.74, 6) is -0.839. The number of aliphatic hydroxyl groups excluding tert-OH is 2. The van der Waals surface area contributed by atoms with Crippen molar-refractivity contribution in [1.82, 2.24) is 25.6 Å². The third-order valence-corrected chi connectivity index (χ3v) is 5.93. The van der Waals surface area contributed by atoms with Gasteiger partial charge < -0.3 is 20.8 Å². The fraction of sp³-hybridized carbons (Fsp3) is 0.765. The number of aliphatic hydroxyl groups is 2. The molecule has 3 atom stereocenters. The lowest BCUT2D eigenvalue weighted by Gasteiger charge is -2.14. The molecule has 1 aromatic rings. The molecule has 1 saturated heterocycles. The first-order valence-corrected chi connectivity index (χ1v) is 10.4. The molecule has 9 nitrogen and oxygen atoms in total. The average molecular weight is 400 g/mol. The van der Waals surface area contributed by atoms with Crippen molar-refractivity contribution in [3.8, 4) is 0 Å². The molecule has 2 heterocycles. The molecule has 0 spiro atoms. The number of aromatic nitrogens is 3. The van der Waals surface area contributed by atoms with Gasteiger partial charge in [-0.15, -0.1) is 16.9 Å². The molecule has 0 aromatic carbocycles. The minimum Gasteiger partial charge on any atom is -0.395 e. The number of hydrogen-bond acceptors (Lipinski definition) is 7. The highest BCUT2D eigenvalue weighted by Crippen LogP contribution is 2.41. The molecule has 0 saturated carbocycles. The Balaban J connectivity index is 2.25. The van der Waals surface area contributed by atoms with E-state index in [1.807, 2.05) is 13.8 Å². The maximum atomic E-state index is 12.7. The van der Waals surface area contributed by atoms with E-state index in [4.69, 9.17) is 0 Å². The van der Waals surface area contributed by atoms with Crippen LogP contribution >= 0.6 is 11.8 Å². The second kappa shape index (κ2) is 10.6. The summed E-state index contributed by atoms with van der Waals surface area (Å²) in [7, 11) is 0. The molecule has 0 aliphatic carbocycles. The van der Waals surface area contributed by atoms with Crippen molar-refractivity contribution in [1.29, 1.82) is 0 Å². The first kappa shape index (κ1) is 21.6. The summed E-state index contributed by atoms with van der Waals surface area (Å²) in [5.41, 5.74) is 0.0889. The normalized spacial score (nSPS) is 22.0. The fourth-order valence-corrected chi connectivity index (χ4v) is 4.17. The molecule has 4 N–H and O–H groups in total. The van der Waals surface area contributed by atoms with Gasteiger partial charge in [-0.25, -0.2) is 4.68 Å². The zero-order valence-electron chi connectivity index (χ0n) is 15.8. The van der Waals surface area contributed by atoms with Crippen molar-refractivity contribution in [2.45, 2.75) is 62.7 Å². The van der Waals surface area contributed by atoms with Gasteiger partial charge in [0.05, 0.1) is 18.0 Å². The highest BCUT2D eigenvalue weighted by atomic mass is 32.2. The molecule has 1 aliphatic rings. The Kier molecular flexibility index (Phi) is 8.52. The molecule has 2 rings (SSSR count). The molecule has 0 bridgehead atoms. The van der Waals surface area contributed by atoms with Crippen LogP contribution in [0.1, 0.15) is 72.3 Å². The zero-order chi connectivity index (χ0) is 19.8. The van der Waals surface area contributed by atoms with E-state index in [-0.39, 0.29) is 28.6 Å². The molecule has 0 unspecified atom stereocenters. The smallest absolute Gasteiger partial charge is 0.274 e. The minimum absolute atomic E-state index is 0.0114. The monoisotopic (exact) mass is 399 g/mol. The molecule has 10 heteroatoms. The van der Waals surface area contributed by atoms with Gasteiger partial charge in [-0.2, -0.15) is 0 Å². The van der Waals surface area contributed by atoms with Gasteiger partial charge in [-0.05, 0) is 12.8 Å². The first-order valence-electron chi connectivity index (χ1n) is 9.49. The minimum atomic E-state index is -0.702. The molecule has 27 heavy (non-hydrogen) atoms. The van der Waals surface area contributed by atoms with Crippen LogP contribution in [0.3, 0.4) is 0 Å². The van der Waals surface area contributed by atoms with Crippen LogP contribution in [0.2, 0.25) is 0 Å². The largest absolute Gasteiger partial charge is 0.395 e. The molecule has 1 aliphatic heterocycles. The molecule has 152 valence electrons. The number of thioether (sulfide) groups is 1. The van der Waals surface area contributed by atoms with E-state index in [1.165, 1.54) is 16.4 Å². The van der Waals surface area contributed by atoms with E-state index in [0.717, 1.165) is 25.7 Å². The summed E-state index contributed by atoms with van der Waals surface area (Å²) in [4.78, 5) is 25.2. The third kappa shape index (κ3) is 5.43. The summed E-state index contributed by atoms with van der Waals surface area (Å²) >= 11 is 1.33. The maximum Gasteiger partial charge on any atom is 0.274 e. The van der Waals surface area contributed by atoms with E-state index in [9.17, 15) is 19.8 Å². The van der Waals surface area contributed by atoms with Crippen LogP contribution in [0.25, 0.3) is 0 Å². The van der Waals surface area contributed by atoms with Gasteiger partial charge in [0.2, 0.25) is 0 Å². The fourth-order valence-electron chi connectivity index (χ4n) is 2.81. The van der Waals surface area contributed by atoms with E-state index >= 15 is 0 Å². The number of carbonyl (C=O) groups excluding carboxylic acids is 2. The molecule has 1 aromatic heterocycles. The Hall–Kier alpha value is -1.65. The highest BCUT2D eigenvalue weighted by molar-refractivity contribution is 8.00. The molecule has 2 amide bonds. The second-order valence-corrected chi connectivity index (χ2v) is 7.99. The van der Waals surface area contributed by atoms with Gasteiger partial charge in [-0.3, -0.25) is 9.59 Å². The van der Waals surface area contributed by atoms with Crippen LogP contribution < -0.4 is 10.6 Å². The Morgan fingerprint density at radius 2 is 1.81 bits per heavy atom. The number of rotatable bonds is 10. The zero-order valence-corrected chi connectivity index (χ0v) is 16.7. The van der Waals surface area contributed by atoms with E-state index in [1.54, 1.807) is 0 Å². The summed E-state index contributed by atoms with van der Waals surface area (Å²) < 4.78 is 1.40. The van der Waals surface area contributed by atoms with Gasteiger partial charge in [-0.1, -0.05) is 31.9 Å². The van der Waals surface area contributed by atoms with Crippen molar-refractivity contribution in [3.63, 3.8) is 0 Å². The summed E-state index contributed by atoms with van der Waals surface area (Å²) in [6.07, 6.45) is 3.16. The number of amides is 2. The van der Waals surface area contributed by atoms with Gasteiger partial charge >= 0.3 is 0 Å². The number of hydrogen-bond donors (Lipinski definition) is 4. The van der Waals surface area contributed by atoms with Crippen LogP contribution in [0.4, 0.5) is 0 Å². The predicted molar refractivity (Wildman–Crippen MR) is 103 cm³/mol. The van der Waals surface area contributed by atoms with E-state index in [2.05, 4.69) is 20.9 Å². The van der Waals surface area contributed by atoms with Crippen LogP contribution in [-0.4, -0.2) is 68.1 Å². The second-order valence-electron chi connectivity index (χ2n) is 6.56. The SMILES string of the molecule is CCCCNC(=O)c1nnn([C@H]2C[C@H](O)[C@@H](CO)S2)c1C(=O)NCCCC. The summed E-state index contributed by atoms with van der Waals surface area (Å²) in [5, 5.41) is 32.3. The molecule has 1 fully saturated rings. The predicted octanol–water partition coefficient (Wildman–Crippen LogP) is 0.695. The third-order valence-electron chi connectivity index (χ3n) is 4.41. The quantitative estimate of drug-likeness (QED) is 0.426. The van der Waals surface area contributed by atoms with Gasteiger partial charge in [0, 0.05) is 19.5 Å². The summed E-state index contributed by atoms with van der Waals surface area (Å²) in [6, 6.07) is 0. The molecular formula is C17H29N5O4S. The Morgan fingerprint density at radius 1 is 1.19 bits per heavy atom. The van der Waals surface area contributed by atoms with Crippen molar-refractivity contribution in [2.75, 3.05) is 19.7 Å². The summed E-state index contributed by atoms with van der Waals surface area (Å²) in [6.45, 7) is 4.88. The van der Waals surface area contributed by atoms with Gasteiger partial charge in [0.1, 0.15) is 5.37 Å². The number of unbranched alkanes of at least 4 members (excludes halogenated alkanes) is 2. The maximum absolute atomic E-state index is 12.7. The van der Waals surface area contributed by atoms with E-state index < -0.39 is 17.9 Å².